The Morgan fingerprint density at radius 3 is 2.54 bits per heavy atom. The van der Waals surface area contributed by atoms with E-state index in [1.165, 1.54) is 0 Å². The number of hydrogen-bond donors (Lipinski definition) is 2. The van der Waals surface area contributed by atoms with E-state index >= 15 is 0 Å². The fraction of sp³-hybridized carbons (Fsp3) is 0.235. The summed E-state index contributed by atoms with van der Waals surface area (Å²) in [6.07, 6.45) is 0.813. The summed E-state index contributed by atoms with van der Waals surface area (Å²) >= 11 is 6.24. The lowest BCUT2D eigenvalue weighted by molar-refractivity contribution is 0.217. The van der Waals surface area contributed by atoms with E-state index in [9.17, 15) is 15.3 Å². The van der Waals surface area contributed by atoms with Crippen LogP contribution in [0.5, 0.6) is 5.75 Å². The van der Waals surface area contributed by atoms with E-state index < -0.39 is 5.56 Å². The molecule has 1 aromatic heterocycles. The van der Waals surface area contributed by atoms with Gasteiger partial charge in [0, 0.05) is 5.56 Å². The van der Waals surface area contributed by atoms with Crippen molar-refractivity contribution in [3.63, 3.8) is 0 Å². The maximum absolute atomic E-state index is 11.9. The zero-order valence-corrected chi connectivity index (χ0v) is 13.9. The van der Waals surface area contributed by atoms with Crippen molar-refractivity contribution >= 4 is 17.4 Å². The van der Waals surface area contributed by atoms with Gasteiger partial charge in [-0.3, -0.25) is 4.79 Å². The van der Waals surface area contributed by atoms with E-state index in [0.717, 1.165) is 6.42 Å². The molecule has 1 unspecified atom stereocenters. The van der Waals surface area contributed by atoms with Crippen molar-refractivity contribution < 1.29 is 4.74 Å². The van der Waals surface area contributed by atoms with E-state index in [4.69, 9.17) is 22.1 Å². The predicted molar refractivity (Wildman–Crippen MR) is 91.7 cm³/mol. The number of hydrogen-bond acceptors (Lipinski definition) is 5. The number of halogens is 1. The second kappa shape index (κ2) is 7.08. The van der Waals surface area contributed by atoms with Gasteiger partial charge in [0.05, 0.1) is 11.1 Å². The summed E-state index contributed by atoms with van der Waals surface area (Å²) in [6.45, 7) is 3.91. The highest BCUT2D eigenvalue weighted by Crippen LogP contribution is 2.34. The van der Waals surface area contributed by atoms with Gasteiger partial charge in [-0.1, -0.05) is 24.6 Å². The summed E-state index contributed by atoms with van der Waals surface area (Å²) in [5.41, 5.74) is 5.50. The molecule has 0 saturated carbocycles. The Bertz CT molecular complexity index is 922. The first-order chi connectivity index (χ1) is 11.4. The van der Waals surface area contributed by atoms with Crippen LogP contribution in [0.25, 0.3) is 11.1 Å². The maximum atomic E-state index is 11.9. The van der Waals surface area contributed by atoms with E-state index in [0.29, 0.717) is 16.3 Å². The molecule has 0 radical (unpaired) electrons. The number of ether oxygens (including phenoxy) is 1. The molecule has 0 fully saturated rings. The average molecular weight is 343 g/mol. The molecular weight excluding hydrogens is 328 g/mol. The van der Waals surface area contributed by atoms with Crippen LogP contribution in [0.2, 0.25) is 5.02 Å². The van der Waals surface area contributed by atoms with Crippen LogP contribution in [0.4, 0.5) is 5.82 Å². The Kier molecular flexibility index (Phi) is 5.13. The van der Waals surface area contributed by atoms with Crippen LogP contribution in [0.15, 0.2) is 23.0 Å². The lowest BCUT2D eigenvalue weighted by Crippen LogP contribution is -2.16. The number of rotatable bonds is 4. The monoisotopic (exact) mass is 342 g/mol. The van der Waals surface area contributed by atoms with Crippen LogP contribution in [0.3, 0.4) is 0 Å². The lowest BCUT2D eigenvalue weighted by Gasteiger charge is -2.15. The molecular formula is C17H15ClN4O2. The fourth-order valence-corrected chi connectivity index (χ4v) is 2.41. The minimum atomic E-state index is -0.653. The summed E-state index contributed by atoms with van der Waals surface area (Å²) in [5, 5.41) is 18.9. The SMILES string of the molecule is CCC(C)Oc1ccc(-c2c(C#N)c(N)[nH]c(=O)c2C#N)cc1Cl. The topological polar surface area (TPSA) is 116 Å². The van der Waals surface area contributed by atoms with Gasteiger partial charge >= 0.3 is 0 Å². The highest BCUT2D eigenvalue weighted by Gasteiger charge is 2.19. The molecule has 2 aromatic rings. The third-order valence-electron chi connectivity index (χ3n) is 3.59. The number of nitrogen functional groups attached to an aromatic ring is 1. The number of H-pyrrole nitrogens is 1. The zero-order valence-electron chi connectivity index (χ0n) is 13.2. The van der Waals surface area contributed by atoms with E-state index in [-0.39, 0.29) is 28.6 Å². The highest BCUT2D eigenvalue weighted by atomic mass is 35.5. The Morgan fingerprint density at radius 2 is 2.00 bits per heavy atom. The first kappa shape index (κ1) is 17.4. The van der Waals surface area contributed by atoms with Gasteiger partial charge in [-0.25, -0.2) is 0 Å². The third-order valence-corrected chi connectivity index (χ3v) is 3.89. The van der Waals surface area contributed by atoms with Gasteiger partial charge in [-0.15, -0.1) is 0 Å². The molecule has 3 N–H and O–H groups in total. The van der Waals surface area contributed by atoms with Gasteiger partial charge in [-0.05, 0) is 31.0 Å². The van der Waals surface area contributed by atoms with Crippen LogP contribution in [-0.4, -0.2) is 11.1 Å². The predicted octanol–water partition coefficient (Wildman–Crippen LogP) is 3.20. The van der Waals surface area contributed by atoms with Crippen molar-refractivity contribution in [3.05, 3.63) is 44.7 Å². The van der Waals surface area contributed by atoms with E-state index in [1.807, 2.05) is 26.0 Å². The quantitative estimate of drug-likeness (QED) is 0.885. The molecule has 0 aliphatic carbocycles. The van der Waals surface area contributed by atoms with Crippen LogP contribution in [-0.2, 0) is 0 Å². The number of aromatic amines is 1. The van der Waals surface area contributed by atoms with Gasteiger partial charge in [0.2, 0.25) is 0 Å². The Balaban J connectivity index is 2.66. The minimum absolute atomic E-state index is 0.00657. The van der Waals surface area contributed by atoms with Crippen LogP contribution < -0.4 is 16.0 Å². The molecule has 0 aliphatic rings. The van der Waals surface area contributed by atoms with Gasteiger partial charge in [-0.2, -0.15) is 10.5 Å². The molecule has 1 heterocycles. The molecule has 7 heteroatoms. The maximum Gasteiger partial charge on any atom is 0.268 e. The standard InChI is InChI=1S/C17H15ClN4O2/c1-3-9(2)24-14-5-4-10(6-13(14)18)15-11(7-19)16(21)22-17(23)12(15)8-20/h4-6,9H,3H2,1-2H3,(H3,21,22,23). The molecule has 1 aromatic carbocycles. The van der Waals surface area contributed by atoms with Gasteiger partial charge in [0.15, 0.2) is 0 Å². The second-order valence-electron chi connectivity index (χ2n) is 5.20. The molecule has 24 heavy (non-hydrogen) atoms. The van der Waals surface area contributed by atoms with Gasteiger partial charge in [0.1, 0.15) is 34.8 Å². The van der Waals surface area contributed by atoms with Crippen molar-refractivity contribution in [2.75, 3.05) is 5.73 Å². The lowest BCUT2D eigenvalue weighted by atomic mass is 9.96. The van der Waals surface area contributed by atoms with Gasteiger partial charge < -0.3 is 15.5 Å². The molecule has 122 valence electrons. The first-order valence-corrected chi connectivity index (χ1v) is 7.63. The molecule has 2 rings (SSSR count). The minimum Gasteiger partial charge on any atom is -0.489 e. The van der Waals surface area contributed by atoms with Crippen molar-refractivity contribution in [1.82, 2.24) is 4.98 Å². The first-order valence-electron chi connectivity index (χ1n) is 7.25. The number of anilines is 1. The van der Waals surface area contributed by atoms with E-state index in [1.54, 1.807) is 18.2 Å². The van der Waals surface area contributed by atoms with Crippen molar-refractivity contribution in [3.8, 4) is 29.0 Å². The average Bonchev–Trinajstić information content (AvgIpc) is 2.56. The number of nitrogens with zero attached hydrogens (tertiary/aromatic N) is 2. The van der Waals surface area contributed by atoms with Crippen LogP contribution in [0, 0.1) is 22.7 Å². The van der Waals surface area contributed by atoms with Crippen molar-refractivity contribution in [2.45, 2.75) is 26.4 Å². The molecule has 0 bridgehead atoms. The second-order valence-corrected chi connectivity index (χ2v) is 5.61. The smallest absolute Gasteiger partial charge is 0.268 e. The van der Waals surface area contributed by atoms with E-state index in [2.05, 4.69) is 4.98 Å². The number of aromatic nitrogens is 1. The Hall–Kier alpha value is -2.96. The van der Waals surface area contributed by atoms with Crippen molar-refractivity contribution in [1.29, 1.82) is 10.5 Å². The summed E-state index contributed by atoms with van der Waals surface area (Å²) < 4.78 is 5.69. The number of nitrogens with one attached hydrogen (secondary N) is 1. The summed E-state index contributed by atoms with van der Waals surface area (Å²) in [7, 11) is 0. The molecule has 0 saturated heterocycles. The molecule has 6 nitrogen and oxygen atoms in total. The Labute approximate surface area is 144 Å². The van der Waals surface area contributed by atoms with Crippen LogP contribution >= 0.6 is 11.6 Å². The van der Waals surface area contributed by atoms with Crippen LogP contribution in [0.1, 0.15) is 31.4 Å². The largest absolute Gasteiger partial charge is 0.489 e. The molecule has 1 atom stereocenters. The summed E-state index contributed by atoms with van der Waals surface area (Å²) in [6, 6.07) is 8.57. The fourth-order valence-electron chi connectivity index (χ4n) is 2.18. The Morgan fingerprint density at radius 1 is 1.33 bits per heavy atom. The number of nitriles is 2. The van der Waals surface area contributed by atoms with Crippen molar-refractivity contribution in [2.24, 2.45) is 0 Å². The third kappa shape index (κ3) is 3.19. The van der Waals surface area contributed by atoms with Gasteiger partial charge in [0.25, 0.3) is 5.56 Å². The number of pyridine rings is 1. The normalized spacial score (nSPS) is 11.4. The number of nitrogens with two attached hydrogens (primary N) is 1. The molecule has 0 spiro atoms. The number of benzene rings is 1. The molecule has 0 aliphatic heterocycles. The molecule has 0 amide bonds. The highest BCUT2D eigenvalue weighted by molar-refractivity contribution is 6.32. The zero-order chi connectivity index (χ0) is 17.9. The summed E-state index contributed by atoms with van der Waals surface area (Å²) in [4.78, 5) is 14.2. The summed E-state index contributed by atoms with van der Waals surface area (Å²) in [5.74, 6) is 0.400.